The second-order valence-electron chi connectivity index (χ2n) is 7.52. The van der Waals surface area contributed by atoms with Crippen LogP contribution in [0.1, 0.15) is 36.8 Å². The van der Waals surface area contributed by atoms with E-state index in [-0.39, 0.29) is 6.04 Å². The third-order valence-electron chi connectivity index (χ3n) is 5.37. The number of hydrogen-bond donors (Lipinski definition) is 2. The first-order valence-corrected chi connectivity index (χ1v) is 11.0. The van der Waals surface area contributed by atoms with Gasteiger partial charge in [0.1, 0.15) is 12.2 Å². The molecule has 30 heavy (non-hydrogen) atoms. The highest BCUT2D eigenvalue weighted by atomic mass is 16.5. The summed E-state index contributed by atoms with van der Waals surface area (Å²) in [6.45, 7) is 12.8. The van der Waals surface area contributed by atoms with E-state index < -0.39 is 0 Å². The van der Waals surface area contributed by atoms with Gasteiger partial charge in [-0.1, -0.05) is 36.8 Å². The first kappa shape index (κ1) is 22.2. The molecule has 1 aromatic heterocycles. The lowest BCUT2D eigenvalue weighted by Crippen LogP contribution is -2.42. The number of morpholine rings is 1. The summed E-state index contributed by atoms with van der Waals surface area (Å²) in [5, 5.41) is 15.0. The van der Waals surface area contributed by atoms with Crippen molar-refractivity contribution >= 4 is 5.96 Å². The molecule has 3 rings (SSSR count). The van der Waals surface area contributed by atoms with E-state index in [2.05, 4.69) is 75.3 Å². The van der Waals surface area contributed by atoms with Gasteiger partial charge in [-0.25, -0.2) is 0 Å². The second kappa shape index (κ2) is 11.7. The molecule has 0 bridgehead atoms. The molecular weight excluding hydrogens is 378 g/mol. The molecule has 2 N–H and O–H groups in total. The highest BCUT2D eigenvalue weighted by Crippen LogP contribution is 2.22. The summed E-state index contributed by atoms with van der Waals surface area (Å²) in [4.78, 5) is 7.40. The van der Waals surface area contributed by atoms with E-state index in [0.29, 0.717) is 6.54 Å². The van der Waals surface area contributed by atoms with E-state index in [1.54, 1.807) is 6.33 Å². The Kier molecular flexibility index (Phi) is 8.65. The Hall–Kier alpha value is -2.45. The predicted molar refractivity (Wildman–Crippen MR) is 120 cm³/mol. The number of hydrogen-bond acceptors (Lipinski definition) is 5. The molecule has 0 aliphatic carbocycles. The van der Waals surface area contributed by atoms with Crippen molar-refractivity contribution in [3.8, 4) is 0 Å². The number of benzene rings is 1. The van der Waals surface area contributed by atoms with Gasteiger partial charge >= 0.3 is 0 Å². The first-order valence-electron chi connectivity index (χ1n) is 11.0. The van der Waals surface area contributed by atoms with Crippen molar-refractivity contribution in [1.82, 2.24) is 30.3 Å². The average Bonchev–Trinajstić information content (AvgIpc) is 3.23. The van der Waals surface area contributed by atoms with Gasteiger partial charge in [-0.05, 0) is 19.4 Å². The Balaban J connectivity index is 1.66. The van der Waals surface area contributed by atoms with Crippen molar-refractivity contribution in [1.29, 1.82) is 0 Å². The third kappa shape index (κ3) is 6.27. The van der Waals surface area contributed by atoms with Crippen LogP contribution in [0.2, 0.25) is 0 Å². The smallest absolute Gasteiger partial charge is 0.191 e. The molecule has 0 saturated carbocycles. The highest BCUT2D eigenvalue weighted by molar-refractivity contribution is 5.79. The summed E-state index contributed by atoms with van der Waals surface area (Å²) in [5.74, 6) is 1.85. The number of rotatable bonds is 9. The molecule has 1 unspecified atom stereocenters. The zero-order valence-electron chi connectivity index (χ0n) is 18.5. The summed E-state index contributed by atoms with van der Waals surface area (Å²) in [5.41, 5.74) is 2.58. The fraction of sp³-hybridized carbons (Fsp3) is 0.591. The Morgan fingerprint density at radius 3 is 2.63 bits per heavy atom. The Morgan fingerprint density at radius 1 is 1.17 bits per heavy atom. The van der Waals surface area contributed by atoms with Crippen LogP contribution in [-0.2, 0) is 17.7 Å². The summed E-state index contributed by atoms with van der Waals surface area (Å²) < 4.78 is 7.64. The van der Waals surface area contributed by atoms with E-state index in [4.69, 9.17) is 9.73 Å². The van der Waals surface area contributed by atoms with Gasteiger partial charge in [-0.15, -0.1) is 10.2 Å². The minimum Gasteiger partial charge on any atom is -0.379 e. The summed E-state index contributed by atoms with van der Waals surface area (Å²) in [6.07, 6.45) is 2.67. The SMILES string of the molecule is CCNC(=NCC(c1ccc(C)cc1)N1CCOCC1)NCCn1cnnc1CC. The van der Waals surface area contributed by atoms with Gasteiger partial charge in [0.25, 0.3) is 0 Å². The number of ether oxygens (including phenoxy) is 1. The van der Waals surface area contributed by atoms with Crippen LogP contribution in [0.5, 0.6) is 0 Å². The lowest BCUT2D eigenvalue weighted by atomic mass is 10.0. The second-order valence-corrected chi connectivity index (χ2v) is 7.52. The molecule has 1 saturated heterocycles. The molecule has 2 heterocycles. The number of aliphatic imine (C=N–C) groups is 1. The topological polar surface area (TPSA) is 79.6 Å². The zero-order chi connectivity index (χ0) is 21.2. The van der Waals surface area contributed by atoms with Crippen LogP contribution in [0, 0.1) is 6.92 Å². The molecule has 0 spiro atoms. The fourth-order valence-corrected chi connectivity index (χ4v) is 3.66. The fourth-order valence-electron chi connectivity index (χ4n) is 3.66. The van der Waals surface area contributed by atoms with Crippen LogP contribution < -0.4 is 10.6 Å². The van der Waals surface area contributed by atoms with Crippen molar-refractivity contribution in [2.45, 2.75) is 39.8 Å². The van der Waals surface area contributed by atoms with E-state index in [1.165, 1.54) is 11.1 Å². The third-order valence-corrected chi connectivity index (χ3v) is 5.37. The summed E-state index contributed by atoms with van der Waals surface area (Å²) in [7, 11) is 0. The van der Waals surface area contributed by atoms with Crippen molar-refractivity contribution in [2.24, 2.45) is 4.99 Å². The molecule has 164 valence electrons. The maximum Gasteiger partial charge on any atom is 0.191 e. The number of nitrogens with one attached hydrogen (secondary N) is 2. The van der Waals surface area contributed by atoms with E-state index in [0.717, 1.165) is 64.1 Å². The molecule has 1 atom stereocenters. The quantitative estimate of drug-likeness (QED) is 0.482. The number of guanidine groups is 1. The number of nitrogens with zero attached hydrogens (tertiary/aromatic N) is 5. The van der Waals surface area contributed by atoms with Gasteiger partial charge in [0, 0.05) is 39.1 Å². The van der Waals surface area contributed by atoms with Crippen molar-refractivity contribution < 1.29 is 4.74 Å². The van der Waals surface area contributed by atoms with E-state index in [9.17, 15) is 0 Å². The molecule has 0 amide bonds. The van der Waals surface area contributed by atoms with Crippen LogP contribution in [0.15, 0.2) is 35.6 Å². The van der Waals surface area contributed by atoms with E-state index >= 15 is 0 Å². The highest BCUT2D eigenvalue weighted by Gasteiger charge is 2.22. The molecule has 1 aliphatic rings. The Bertz CT molecular complexity index is 781. The molecule has 2 aromatic rings. The monoisotopic (exact) mass is 413 g/mol. The van der Waals surface area contributed by atoms with Crippen molar-refractivity contribution in [3.05, 3.63) is 47.5 Å². The van der Waals surface area contributed by atoms with Crippen LogP contribution in [0.4, 0.5) is 0 Å². The number of aryl methyl sites for hydroxylation is 2. The number of aromatic nitrogens is 3. The predicted octanol–water partition coefficient (Wildman–Crippen LogP) is 1.78. The summed E-state index contributed by atoms with van der Waals surface area (Å²) in [6, 6.07) is 9.06. The molecule has 8 nitrogen and oxygen atoms in total. The lowest BCUT2D eigenvalue weighted by Gasteiger charge is -2.34. The molecular formula is C22H35N7O. The zero-order valence-corrected chi connectivity index (χ0v) is 18.5. The largest absolute Gasteiger partial charge is 0.379 e. The van der Waals surface area contributed by atoms with Gasteiger partial charge in [0.2, 0.25) is 0 Å². The van der Waals surface area contributed by atoms with Gasteiger partial charge in [-0.2, -0.15) is 0 Å². The average molecular weight is 414 g/mol. The first-order chi connectivity index (χ1) is 14.7. The minimum atomic E-state index is 0.245. The van der Waals surface area contributed by atoms with Crippen molar-refractivity contribution in [2.75, 3.05) is 45.9 Å². The standard InChI is InChI=1S/C22H35N7O/c1-4-21-27-26-17-29(21)11-10-24-22(23-5-2)25-16-20(28-12-14-30-15-13-28)19-8-6-18(3)7-9-19/h6-9,17,20H,4-5,10-16H2,1-3H3,(H2,23,24,25). The molecule has 1 aromatic carbocycles. The van der Waals surface area contributed by atoms with Crippen LogP contribution in [0.25, 0.3) is 0 Å². The molecule has 0 radical (unpaired) electrons. The Morgan fingerprint density at radius 2 is 1.93 bits per heavy atom. The van der Waals surface area contributed by atoms with Crippen molar-refractivity contribution in [3.63, 3.8) is 0 Å². The van der Waals surface area contributed by atoms with Gasteiger partial charge in [0.15, 0.2) is 5.96 Å². The van der Waals surface area contributed by atoms with Gasteiger partial charge in [0.05, 0.1) is 25.8 Å². The van der Waals surface area contributed by atoms with Crippen LogP contribution >= 0.6 is 0 Å². The molecule has 1 fully saturated rings. The molecule has 8 heteroatoms. The molecule has 1 aliphatic heterocycles. The minimum absolute atomic E-state index is 0.245. The maximum absolute atomic E-state index is 5.56. The normalized spacial score (nSPS) is 16.4. The van der Waals surface area contributed by atoms with Crippen LogP contribution in [-0.4, -0.2) is 71.6 Å². The maximum atomic E-state index is 5.56. The van der Waals surface area contributed by atoms with Gasteiger partial charge < -0.3 is 19.9 Å². The van der Waals surface area contributed by atoms with E-state index in [1.807, 2.05) is 0 Å². The van der Waals surface area contributed by atoms with Crippen LogP contribution in [0.3, 0.4) is 0 Å². The summed E-state index contributed by atoms with van der Waals surface area (Å²) >= 11 is 0. The van der Waals surface area contributed by atoms with Gasteiger partial charge in [-0.3, -0.25) is 9.89 Å². The Labute approximate surface area is 179 Å². The lowest BCUT2D eigenvalue weighted by molar-refractivity contribution is 0.0179.